The van der Waals surface area contributed by atoms with Crippen LogP contribution in [-0.4, -0.2) is 15.1 Å². The molecule has 5 heteroatoms. The van der Waals surface area contributed by atoms with Crippen LogP contribution in [0.15, 0.2) is 41.4 Å². The summed E-state index contributed by atoms with van der Waals surface area (Å²) in [6.07, 6.45) is 0. The monoisotopic (exact) mass is 283 g/mol. The second kappa shape index (κ2) is 4.97. The highest BCUT2D eigenvalue weighted by Gasteiger charge is 2.07. The summed E-state index contributed by atoms with van der Waals surface area (Å²) in [5.41, 5.74) is 3.58. The van der Waals surface area contributed by atoms with Crippen LogP contribution in [0.3, 0.4) is 0 Å². The molecule has 2 heterocycles. The highest BCUT2D eigenvalue weighted by molar-refractivity contribution is 7.78. The maximum Gasteiger partial charge on any atom is 0.143 e. The lowest BCUT2D eigenvalue weighted by Crippen LogP contribution is -1.84. The third kappa shape index (κ3) is 2.44. The Labute approximate surface area is 119 Å². The molecular weight excluding hydrogens is 274 g/mol. The fourth-order valence-electron chi connectivity index (χ4n) is 1.81. The summed E-state index contributed by atoms with van der Waals surface area (Å²) in [5.74, 6) is 0. The minimum absolute atomic E-state index is 0.775. The molecule has 0 atom stereocenters. The zero-order valence-electron chi connectivity index (χ0n) is 10.1. The first-order valence-electron chi connectivity index (χ1n) is 5.69. The number of benzene rings is 1. The predicted octanol–water partition coefficient (Wildman–Crippen LogP) is 4.40. The molecule has 19 heavy (non-hydrogen) atoms. The van der Waals surface area contributed by atoms with Crippen LogP contribution in [0, 0.1) is 6.92 Å². The summed E-state index contributed by atoms with van der Waals surface area (Å²) in [5, 5.41) is 3.28. The van der Waals surface area contributed by atoms with Gasteiger partial charge in [-0.05, 0) is 49.5 Å². The molecular formula is C14H9N3S2. The predicted molar refractivity (Wildman–Crippen MR) is 82.3 cm³/mol. The van der Waals surface area contributed by atoms with E-state index in [0.717, 1.165) is 32.3 Å². The van der Waals surface area contributed by atoms with Crippen molar-refractivity contribution in [3.05, 3.63) is 42.1 Å². The van der Waals surface area contributed by atoms with Gasteiger partial charge >= 0.3 is 0 Å². The molecule has 0 aliphatic carbocycles. The SMILES string of the molecule is Cc1cccc(-c2nc3cc(N=C=S)ccc3s2)n1. The number of aliphatic imine (C=N–C) groups is 1. The van der Waals surface area contributed by atoms with E-state index in [-0.39, 0.29) is 0 Å². The maximum atomic E-state index is 4.61. The molecule has 0 unspecified atom stereocenters. The number of thiazole rings is 1. The van der Waals surface area contributed by atoms with Crippen molar-refractivity contribution in [3.63, 3.8) is 0 Å². The number of hydrogen-bond acceptors (Lipinski definition) is 5. The van der Waals surface area contributed by atoms with Crippen molar-refractivity contribution in [2.24, 2.45) is 4.99 Å². The smallest absolute Gasteiger partial charge is 0.143 e. The van der Waals surface area contributed by atoms with Gasteiger partial charge in [0.05, 0.1) is 26.8 Å². The van der Waals surface area contributed by atoms with Gasteiger partial charge in [-0.15, -0.1) is 11.3 Å². The molecule has 3 rings (SSSR count). The van der Waals surface area contributed by atoms with Crippen LogP contribution in [0.2, 0.25) is 0 Å². The van der Waals surface area contributed by atoms with Gasteiger partial charge in [-0.3, -0.25) is 4.98 Å². The Morgan fingerprint density at radius 2 is 2.11 bits per heavy atom. The minimum atomic E-state index is 0.775. The van der Waals surface area contributed by atoms with E-state index in [9.17, 15) is 0 Å². The van der Waals surface area contributed by atoms with Gasteiger partial charge in [0, 0.05) is 5.69 Å². The molecule has 0 spiro atoms. The number of nitrogens with zero attached hydrogens (tertiary/aromatic N) is 3. The summed E-state index contributed by atoms with van der Waals surface area (Å²) in [4.78, 5) is 13.1. The van der Waals surface area contributed by atoms with Crippen LogP contribution in [-0.2, 0) is 0 Å². The molecule has 0 N–H and O–H groups in total. The van der Waals surface area contributed by atoms with Crippen LogP contribution < -0.4 is 0 Å². The highest BCUT2D eigenvalue weighted by Crippen LogP contribution is 2.31. The van der Waals surface area contributed by atoms with E-state index in [1.807, 2.05) is 43.3 Å². The largest absolute Gasteiger partial charge is 0.251 e. The molecule has 2 aromatic heterocycles. The highest BCUT2D eigenvalue weighted by atomic mass is 32.1. The fourth-order valence-corrected chi connectivity index (χ4v) is 2.83. The van der Waals surface area contributed by atoms with Gasteiger partial charge in [-0.2, -0.15) is 4.99 Å². The van der Waals surface area contributed by atoms with Gasteiger partial charge in [0.1, 0.15) is 5.01 Å². The van der Waals surface area contributed by atoms with Crippen molar-refractivity contribution in [1.29, 1.82) is 0 Å². The van der Waals surface area contributed by atoms with Gasteiger partial charge < -0.3 is 0 Å². The van der Waals surface area contributed by atoms with E-state index in [2.05, 4.69) is 32.3 Å². The Hall–Kier alpha value is -1.94. The second-order valence-electron chi connectivity index (χ2n) is 4.04. The fraction of sp³-hybridized carbons (Fsp3) is 0.0714. The quantitative estimate of drug-likeness (QED) is 0.517. The van der Waals surface area contributed by atoms with Gasteiger partial charge in [0.15, 0.2) is 0 Å². The van der Waals surface area contributed by atoms with Crippen molar-refractivity contribution in [2.75, 3.05) is 0 Å². The molecule has 3 aromatic rings. The van der Waals surface area contributed by atoms with Crippen molar-refractivity contribution < 1.29 is 0 Å². The van der Waals surface area contributed by atoms with E-state index >= 15 is 0 Å². The Morgan fingerprint density at radius 1 is 1.21 bits per heavy atom. The molecule has 0 saturated heterocycles. The lowest BCUT2D eigenvalue weighted by atomic mass is 10.3. The number of pyridine rings is 1. The van der Waals surface area contributed by atoms with Gasteiger partial charge in [-0.25, -0.2) is 4.98 Å². The average molecular weight is 283 g/mol. The molecule has 3 nitrogen and oxygen atoms in total. The van der Waals surface area contributed by atoms with Crippen LogP contribution >= 0.6 is 23.6 Å². The summed E-state index contributed by atoms with van der Waals surface area (Å²) < 4.78 is 1.11. The standard InChI is InChI=1S/C14H9N3S2/c1-9-3-2-4-11(16-9)14-17-12-7-10(15-8-18)5-6-13(12)19-14/h2-7H,1H3. The number of isothiocyanates is 1. The van der Waals surface area contributed by atoms with Gasteiger partial charge in [-0.1, -0.05) is 6.07 Å². The molecule has 0 fully saturated rings. The number of hydrogen-bond donors (Lipinski definition) is 0. The van der Waals surface area contributed by atoms with Crippen molar-refractivity contribution in [2.45, 2.75) is 6.92 Å². The summed E-state index contributed by atoms with van der Waals surface area (Å²) in [6.45, 7) is 1.98. The van der Waals surface area contributed by atoms with Crippen LogP contribution in [0.4, 0.5) is 5.69 Å². The Morgan fingerprint density at radius 3 is 2.89 bits per heavy atom. The number of rotatable bonds is 2. The zero-order valence-corrected chi connectivity index (χ0v) is 11.8. The molecule has 0 amide bonds. The average Bonchev–Trinajstić information content (AvgIpc) is 2.82. The van der Waals surface area contributed by atoms with Gasteiger partial charge in [0.25, 0.3) is 0 Å². The molecule has 92 valence electrons. The minimum Gasteiger partial charge on any atom is -0.251 e. The van der Waals surface area contributed by atoms with Crippen molar-refractivity contribution >= 4 is 44.6 Å². The van der Waals surface area contributed by atoms with Crippen LogP contribution in [0.25, 0.3) is 20.9 Å². The van der Waals surface area contributed by atoms with Crippen molar-refractivity contribution in [3.8, 4) is 10.7 Å². The molecule has 0 bridgehead atoms. The van der Waals surface area contributed by atoms with E-state index in [4.69, 9.17) is 0 Å². The summed E-state index contributed by atoms with van der Waals surface area (Å²) >= 11 is 6.23. The normalized spacial score (nSPS) is 10.4. The first-order valence-corrected chi connectivity index (χ1v) is 6.91. The molecule has 0 radical (unpaired) electrons. The van der Waals surface area contributed by atoms with Gasteiger partial charge in [0.2, 0.25) is 0 Å². The topological polar surface area (TPSA) is 38.1 Å². The third-order valence-electron chi connectivity index (χ3n) is 2.65. The summed E-state index contributed by atoms with van der Waals surface area (Å²) in [6, 6.07) is 11.8. The lowest BCUT2D eigenvalue weighted by molar-refractivity contribution is 1.20. The van der Waals surface area contributed by atoms with E-state index < -0.39 is 0 Å². The molecule has 0 saturated carbocycles. The van der Waals surface area contributed by atoms with Crippen LogP contribution in [0.5, 0.6) is 0 Å². The number of fused-ring (bicyclic) bond motifs is 1. The third-order valence-corrected chi connectivity index (χ3v) is 3.80. The molecule has 0 aliphatic heterocycles. The van der Waals surface area contributed by atoms with E-state index in [1.54, 1.807) is 11.3 Å². The maximum absolute atomic E-state index is 4.61. The number of aromatic nitrogens is 2. The van der Waals surface area contributed by atoms with Crippen LogP contribution in [0.1, 0.15) is 5.69 Å². The zero-order chi connectivity index (χ0) is 13.2. The van der Waals surface area contributed by atoms with E-state index in [1.165, 1.54) is 0 Å². The Balaban J connectivity index is 2.13. The molecule has 1 aromatic carbocycles. The van der Waals surface area contributed by atoms with Crippen molar-refractivity contribution in [1.82, 2.24) is 9.97 Å². The first-order chi connectivity index (χ1) is 9.26. The number of aryl methyl sites for hydroxylation is 1. The lowest BCUT2D eigenvalue weighted by Gasteiger charge is -1.95. The Kier molecular flexibility index (Phi) is 3.17. The van der Waals surface area contributed by atoms with E-state index in [0.29, 0.717) is 0 Å². The molecule has 0 aliphatic rings. The Bertz CT molecular complexity index is 801. The second-order valence-corrected chi connectivity index (χ2v) is 5.25. The first kappa shape index (κ1) is 12.1. The number of thiocarbonyl (C=S) groups is 1. The summed E-state index contributed by atoms with van der Waals surface area (Å²) in [7, 11) is 0.